The van der Waals surface area contributed by atoms with E-state index in [1.807, 2.05) is 50.2 Å². The molecule has 1 atom stereocenters. The molecule has 0 spiro atoms. The zero-order valence-electron chi connectivity index (χ0n) is 17.3. The molecule has 1 N–H and O–H groups in total. The van der Waals surface area contributed by atoms with Crippen molar-refractivity contribution in [2.24, 2.45) is 0 Å². The van der Waals surface area contributed by atoms with Gasteiger partial charge in [-0.3, -0.25) is 4.79 Å². The van der Waals surface area contributed by atoms with Crippen LogP contribution in [-0.4, -0.2) is 12.0 Å². The quantitative estimate of drug-likeness (QED) is 0.595. The first-order valence-corrected chi connectivity index (χ1v) is 10.6. The molecule has 1 unspecified atom stereocenters. The number of halogens is 1. The molecular weight excluding hydrogens is 370 g/mol. The van der Waals surface area contributed by atoms with Crippen LogP contribution in [0.3, 0.4) is 0 Å². The Hall–Kier alpha value is -2.00. The Bertz CT molecular complexity index is 815. The molecule has 2 aromatic rings. The third kappa shape index (κ3) is 4.20. The lowest BCUT2D eigenvalue weighted by atomic mass is 9.78. The van der Waals surface area contributed by atoms with Gasteiger partial charge >= 0.3 is 0 Å². The van der Waals surface area contributed by atoms with E-state index < -0.39 is 5.41 Å². The number of nitrogens with one attached hydrogen (secondary N) is 1. The topological polar surface area (TPSA) is 38.3 Å². The summed E-state index contributed by atoms with van der Waals surface area (Å²) < 4.78 is 6.06. The van der Waals surface area contributed by atoms with Crippen molar-refractivity contribution in [3.05, 3.63) is 58.1 Å². The van der Waals surface area contributed by atoms with Gasteiger partial charge in [-0.2, -0.15) is 0 Å². The molecule has 0 bridgehead atoms. The first-order chi connectivity index (χ1) is 13.4. The van der Waals surface area contributed by atoms with Gasteiger partial charge < -0.3 is 10.1 Å². The highest BCUT2D eigenvalue weighted by atomic mass is 35.5. The molecule has 1 aliphatic carbocycles. The van der Waals surface area contributed by atoms with Crippen LogP contribution >= 0.6 is 11.6 Å². The van der Waals surface area contributed by atoms with E-state index in [0.717, 1.165) is 60.2 Å². The summed E-state index contributed by atoms with van der Waals surface area (Å²) in [5, 5.41) is 3.88. The Balaban J connectivity index is 1.85. The fourth-order valence-corrected chi connectivity index (χ4v) is 4.26. The average molecular weight is 400 g/mol. The van der Waals surface area contributed by atoms with Crippen molar-refractivity contribution in [2.45, 2.75) is 71.3 Å². The van der Waals surface area contributed by atoms with E-state index in [4.69, 9.17) is 16.3 Å². The van der Waals surface area contributed by atoms with E-state index in [1.54, 1.807) is 0 Å². The molecule has 1 saturated carbocycles. The zero-order valence-corrected chi connectivity index (χ0v) is 18.0. The molecule has 28 heavy (non-hydrogen) atoms. The fourth-order valence-electron chi connectivity index (χ4n) is 4.14. The van der Waals surface area contributed by atoms with E-state index in [0.29, 0.717) is 5.02 Å². The standard InChI is InChI=1S/C24H30ClNO2/c1-5-18(4)28-22-16(2)14-21(15-17(22)3)26-23(27)24(12-6-7-13-24)19-8-10-20(25)11-9-19/h8-11,14-15,18H,5-7,12-13H2,1-4H3,(H,26,27). The molecule has 0 aliphatic heterocycles. The van der Waals surface area contributed by atoms with Crippen LogP contribution in [-0.2, 0) is 10.2 Å². The molecule has 1 aliphatic rings. The van der Waals surface area contributed by atoms with Crippen LogP contribution in [0.5, 0.6) is 5.75 Å². The first kappa shape index (κ1) is 20.7. The Morgan fingerprint density at radius 1 is 1.14 bits per heavy atom. The molecule has 4 heteroatoms. The van der Waals surface area contributed by atoms with Crippen molar-refractivity contribution < 1.29 is 9.53 Å². The van der Waals surface area contributed by atoms with Gasteiger partial charge in [-0.15, -0.1) is 0 Å². The van der Waals surface area contributed by atoms with Crippen LogP contribution in [0.1, 0.15) is 62.6 Å². The predicted molar refractivity (Wildman–Crippen MR) is 117 cm³/mol. The Morgan fingerprint density at radius 2 is 1.71 bits per heavy atom. The Kier molecular flexibility index (Phi) is 6.34. The summed E-state index contributed by atoms with van der Waals surface area (Å²) in [5.41, 5.74) is 3.50. The molecule has 3 rings (SSSR count). The van der Waals surface area contributed by atoms with Crippen molar-refractivity contribution in [1.82, 2.24) is 0 Å². The van der Waals surface area contributed by atoms with E-state index in [1.165, 1.54) is 0 Å². The monoisotopic (exact) mass is 399 g/mol. The van der Waals surface area contributed by atoms with Crippen molar-refractivity contribution >= 4 is 23.2 Å². The van der Waals surface area contributed by atoms with Gasteiger partial charge in [0.2, 0.25) is 5.91 Å². The molecule has 0 aromatic heterocycles. The van der Waals surface area contributed by atoms with E-state index in [-0.39, 0.29) is 12.0 Å². The van der Waals surface area contributed by atoms with Crippen LogP contribution < -0.4 is 10.1 Å². The van der Waals surface area contributed by atoms with Gasteiger partial charge in [0.25, 0.3) is 0 Å². The number of anilines is 1. The zero-order chi connectivity index (χ0) is 20.3. The van der Waals surface area contributed by atoms with Crippen molar-refractivity contribution in [1.29, 1.82) is 0 Å². The second kappa shape index (κ2) is 8.57. The number of ether oxygens (including phenoxy) is 1. The van der Waals surface area contributed by atoms with Gasteiger partial charge in [0.05, 0.1) is 11.5 Å². The highest BCUT2D eigenvalue weighted by Crippen LogP contribution is 2.42. The summed E-state index contributed by atoms with van der Waals surface area (Å²) in [4.78, 5) is 13.4. The van der Waals surface area contributed by atoms with Gasteiger partial charge in [0.1, 0.15) is 5.75 Å². The summed E-state index contributed by atoms with van der Waals surface area (Å²) in [5.74, 6) is 0.988. The molecule has 0 heterocycles. The molecular formula is C24H30ClNO2. The highest BCUT2D eigenvalue weighted by molar-refractivity contribution is 6.30. The Morgan fingerprint density at radius 3 is 2.25 bits per heavy atom. The SMILES string of the molecule is CCC(C)Oc1c(C)cc(NC(=O)C2(c3ccc(Cl)cc3)CCCC2)cc1C. The van der Waals surface area contributed by atoms with Gasteiger partial charge in [0.15, 0.2) is 0 Å². The minimum Gasteiger partial charge on any atom is -0.490 e. The van der Waals surface area contributed by atoms with E-state index in [9.17, 15) is 4.79 Å². The average Bonchev–Trinajstić information content (AvgIpc) is 3.16. The maximum absolute atomic E-state index is 13.4. The third-order valence-electron chi connectivity index (χ3n) is 5.90. The molecule has 0 saturated heterocycles. The van der Waals surface area contributed by atoms with E-state index >= 15 is 0 Å². The number of benzene rings is 2. The van der Waals surface area contributed by atoms with Crippen LogP contribution in [0.15, 0.2) is 36.4 Å². The van der Waals surface area contributed by atoms with Crippen LogP contribution in [0.2, 0.25) is 5.02 Å². The summed E-state index contributed by atoms with van der Waals surface area (Å²) in [6.07, 6.45) is 5.00. The number of hydrogen-bond donors (Lipinski definition) is 1. The number of carbonyl (C=O) groups is 1. The maximum atomic E-state index is 13.4. The van der Waals surface area contributed by atoms with Crippen LogP contribution in [0.25, 0.3) is 0 Å². The summed E-state index contributed by atoms with van der Waals surface area (Å²) in [7, 11) is 0. The summed E-state index contributed by atoms with van der Waals surface area (Å²) in [6.45, 7) is 8.25. The fraction of sp³-hybridized carbons (Fsp3) is 0.458. The number of hydrogen-bond acceptors (Lipinski definition) is 2. The molecule has 1 amide bonds. The first-order valence-electron chi connectivity index (χ1n) is 10.2. The van der Waals surface area contributed by atoms with Gasteiger partial charge in [-0.25, -0.2) is 0 Å². The maximum Gasteiger partial charge on any atom is 0.235 e. The number of aryl methyl sites for hydroxylation is 2. The second-order valence-electron chi connectivity index (χ2n) is 8.03. The van der Waals surface area contributed by atoms with Crippen molar-refractivity contribution in [3.8, 4) is 5.75 Å². The predicted octanol–water partition coefficient (Wildman–Crippen LogP) is 6.58. The largest absolute Gasteiger partial charge is 0.490 e. The molecule has 150 valence electrons. The van der Waals surface area contributed by atoms with Crippen molar-refractivity contribution in [2.75, 3.05) is 5.32 Å². The second-order valence-corrected chi connectivity index (χ2v) is 8.46. The minimum atomic E-state index is -0.474. The normalized spacial score (nSPS) is 16.6. The lowest BCUT2D eigenvalue weighted by molar-refractivity contribution is -0.121. The van der Waals surface area contributed by atoms with E-state index in [2.05, 4.69) is 19.2 Å². The number of carbonyl (C=O) groups excluding carboxylic acids is 1. The molecule has 2 aromatic carbocycles. The highest BCUT2D eigenvalue weighted by Gasteiger charge is 2.42. The minimum absolute atomic E-state index is 0.0710. The third-order valence-corrected chi connectivity index (χ3v) is 6.15. The lowest BCUT2D eigenvalue weighted by Crippen LogP contribution is -2.38. The Labute approximate surface area is 173 Å². The smallest absolute Gasteiger partial charge is 0.235 e. The van der Waals surface area contributed by atoms with Gasteiger partial charge in [-0.1, -0.05) is 43.5 Å². The lowest BCUT2D eigenvalue weighted by Gasteiger charge is -2.29. The van der Waals surface area contributed by atoms with Crippen LogP contribution in [0.4, 0.5) is 5.69 Å². The van der Waals surface area contributed by atoms with Gasteiger partial charge in [-0.05, 0) is 81.0 Å². The van der Waals surface area contributed by atoms with Crippen molar-refractivity contribution in [3.63, 3.8) is 0 Å². The molecule has 3 nitrogen and oxygen atoms in total. The molecule has 1 fully saturated rings. The summed E-state index contributed by atoms with van der Waals surface area (Å²) in [6, 6.07) is 11.7. The number of rotatable bonds is 6. The molecule has 0 radical (unpaired) electrons. The summed E-state index contributed by atoms with van der Waals surface area (Å²) >= 11 is 6.06. The number of amides is 1. The van der Waals surface area contributed by atoms with Crippen LogP contribution in [0, 0.1) is 13.8 Å². The van der Waals surface area contributed by atoms with Gasteiger partial charge in [0, 0.05) is 10.7 Å².